The molecule has 2 rings (SSSR count). The molecule has 0 saturated carbocycles. The summed E-state index contributed by atoms with van der Waals surface area (Å²) < 4.78 is 0. The van der Waals surface area contributed by atoms with Gasteiger partial charge in [-0.05, 0) is 18.8 Å². The number of piperidine rings is 1. The Hall–Kier alpha value is -1.39. The van der Waals surface area contributed by atoms with E-state index >= 15 is 0 Å². The van der Waals surface area contributed by atoms with Crippen molar-refractivity contribution in [3.63, 3.8) is 0 Å². The number of carbonyl (C=O) groups excluding carboxylic acids is 1. The zero-order valence-corrected chi connectivity index (χ0v) is 11.3. The molecule has 0 unspecified atom stereocenters. The second kappa shape index (κ2) is 5.98. The number of carbonyl (C=O) groups is 1. The first-order chi connectivity index (χ1) is 8.72. The van der Waals surface area contributed by atoms with Gasteiger partial charge in [0.2, 0.25) is 5.91 Å². The fourth-order valence-corrected chi connectivity index (χ4v) is 2.47. The van der Waals surface area contributed by atoms with Gasteiger partial charge in [-0.3, -0.25) is 9.89 Å². The number of amides is 1. The lowest BCUT2D eigenvalue weighted by molar-refractivity contribution is -0.132. The molecular weight excluding hydrogens is 228 g/mol. The first kappa shape index (κ1) is 13.1. The number of aromatic amines is 1. The first-order valence-corrected chi connectivity index (χ1v) is 6.90. The highest BCUT2D eigenvalue weighted by Crippen LogP contribution is 2.20. The summed E-state index contributed by atoms with van der Waals surface area (Å²) in [6.45, 7) is 5.77. The van der Waals surface area contributed by atoms with Crippen molar-refractivity contribution in [2.75, 3.05) is 13.1 Å². The molecule has 1 fully saturated rings. The molecule has 0 radical (unpaired) electrons. The largest absolute Gasteiger partial charge is 0.343 e. The number of hydrogen-bond acceptors (Lipinski definition) is 3. The normalized spacial score (nSPS) is 17.1. The van der Waals surface area contributed by atoms with Gasteiger partial charge in [0.05, 0.1) is 0 Å². The SMILES string of the molecule is CCC(=O)N1CCC(Cc2nc(CC)n[nH]2)CC1. The number of likely N-dealkylation sites (tertiary alicyclic amines) is 1. The number of aryl methyl sites for hydroxylation is 1. The van der Waals surface area contributed by atoms with E-state index in [2.05, 4.69) is 22.1 Å². The first-order valence-electron chi connectivity index (χ1n) is 6.90. The average molecular weight is 250 g/mol. The van der Waals surface area contributed by atoms with E-state index in [-0.39, 0.29) is 5.91 Å². The van der Waals surface area contributed by atoms with Crippen LogP contribution in [0.2, 0.25) is 0 Å². The molecule has 1 N–H and O–H groups in total. The molecule has 1 aliphatic heterocycles. The Kier molecular flexibility index (Phi) is 4.33. The lowest BCUT2D eigenvalue weighted by atomic mass is 9.93. The van der Waals surface area contributed by atoms with Crippen molar-refractivity contribution in [3.05, 3.63) is 11.6 Å². The van der Waals surface area contributed by atoms with Crippen molar-refractivity contribution in [1.82, 2.24) is 20.1 Å². The Morgan fingerprint density at radius 3 is 2.67 bits per heavy atom. The molecule has 1 aromatic heterocycles. The Morgan fingerprint density at radius 2 is 2.11 bits per heavy atom. The third-order valence-corrected chi connectivity index (χ3v) is 3.65. The molecule has 0 atom stereocenters. The number of aromatic nitrogens is 3. The van der Waals surface area contributed by atoms with Gasteiger partial charge in [-0.2, -0.15) is 5.10 Å². The summed E-state index contributed by atoms with van der Waals surface area (Å²) in [5.41, 5.74) is 0. The maximum atomic E-state index is 11.6. The van der Waals surface area contributed by atoms with E-state index in [0.717, 1.165) is 50.4 Å². The van der Waals surface area contributed by atoms with E-state index in [0.29, 0.717) is 12.3 Å². The monoisotopic (exact) mass is 250 g/mol. The average Bonchev–Trinajstić information content (AvgIpc) is 2.86. The van der Waals surface area contributed by atoms with Crippen molar-refractivity contribution in [3.8, 4) is 0 Å². The molecule has 1 saturated heterocycles. The minimum atomic E-state index is 0.279. The highest BCUT2D eigenvalue weighted by atomic mass is 16.2. The van der Waals surface area contributed by atoms with Gasteiger partial charge in [-0.15, -0.1) is 0 Å². The summed E-state index contributed by atoms with van der Waals surface area (Å²) in [5, 5.41) is 7.16. The van der Waals surface area contributed by atoms with E-state index in [1.165, 1.54) is 0 Å². The lowest BCUT2D eigenvalue weighted by Crippen LogP contribution is -2.38. The van der Waals surface area contributed by atoms with Crippen LogP contribution in [0.4, 0.5) is 0 Å². The topological polar surface area (TPSA) is 61.9 Å². The number of nitrogens with one attached hydrogen (secondary N) is 1. The minimum Gasteiger partial charge on any atom is -0.343 e. The highest BCUT2D eigenvalue weighted by Gasteiger charge is 2.22. The molecule has 0 aromatic carbocycles. The lowest BCUT2D eigenvalue weighted by Gasteiger charge is -2.31. The van der Waals surface area contributed by atoms with Crippen molar-refractivity contribution in [2.24, 2.45) is 5.92 Å². The zero-order valence-electron chi connectivity index (χ0n) is 11.3. The van der Waals surface area contributed by atoms with Crippen LogP contribution in [-0.2, 0) is 17.6 Å². The number of hydrogen-bond donors (Lipinski definition) is 1. The van der Waals surface area contributed by atoms with E-state index in [1.807, 2.05) is 11.8 Å². The molecule has 2 heterocycles. The van der Waals surface area contributed by atoms with Gasteiger partial charge < -0.3 is 4.90 Å². The smallest absolute Gasteiger partial charge is 0.222 e. The molecule has 5 heteroatoms. The zero-order chi connectivity index (χ0) is 13.0. The van der Waals surface area contributed by atoms with Gasteiger partial charge in [-0.1, -0.05) is 13.8 Å². The summed E-state index contributed by atoms with van der Waals surface area (Å²) in [6, 6.07) is 0. The van der Waals surface area contributed by atoms with Crippen LogP contribution < -0.4 is 0 Å². The summed E-state index contributed by atoms with van der Waals surface area (Å²) in [5.74, 6) is 2.79. The summed E-state index contributed by atoms with van der Waals surface area (Å²) >= 11 is 0. The molecule has 1 amide bonds. The minimum absolute atomic E-state index is 0.279. The van der Waals surface area contributed by atoms with Crippen LogP contribution in [0.1, 0.15) is 44.8 Å². The molecule has 100 valence electrons. The van der Waals surface area contributed by atoms with Crippen molar-refractivity contribution in [2.45, 2.75) is 46.0 Å². The van der Waals surface area contributed by atoms with Crippen LogP contribution in [0.3, 0.4) is 0 Å². The predicted molar refractivity (Wildman–Crippen MR) is 69.1 cm³/mol. The molecule has 0 spiro atoms. The Morgan fingerprint density at radius 1 is 1.39 bits per heavy atom. The molecule has 1 aliphatic rings. The van der Waals surface area contributed by atoms with Crippen LogP contribution >= 0.6 is 0 Å². The Balaban J connectivity index is 1.81. The fraction of sp³-hybridized carbons (Fsp3) is 0.769. The fourth-order valence-electron chi connectivity index (χ4n) is 2.47. The molecule has 0 aliphatic carbocycles. The molecule has 5 nitrogen and oxygen atoms in total. The van der Waals surface area contributed by atoms with Crippen LogP contribution in [0, 0.1) is 5.92 Å². The second-order valence-electron chi connectivity index (χ2n) is 4.93. The molecule has 1 aromatic rings. The third kappa shape index (κ3) is 3.09. The third-order valence-electron chi connectivity index (χ3n) is 3.65. The maximum Gasteiger partial charge on any atom is 0.222 e. The van der Waals surface area contributed by atoms with E-state index < -0.39 is 0 Å². The van der Waals surface area contributed by atoms with Crippen LogP contribution in [0.25, 0.3) is 0 Å². The van der Waals surface area contributed by atoms with Crippen molar-refractivity contribution >= 4 is 5.91 Å². The van der Waals surface area contributed by atoms with Gasteiger partial charge in [0, 0.05) is 32.4 Å². The number of H-pyrrole nitrogens is 1. The quantitative estimate of drug-likeness (QED) is 0.882. The number of rotatable bonds is 4. The van der Waals surface area contributed by atoms with Gasteiger partial charge >= 0.3 is 0 Å². The van der Waals surface area contributed by atoms with Gasteiger partial charge in [-0.25, -0.2) is 4.98 Å². The Bertz CT molecular complexity index is 393. The van der Waals surface area contributed by atoms with E-state index in [9.17, 15) is 4.79 Å². The number of nitrogens with zero attached hydrogens (tertiary/aromatic N) is 3. The van der Waals surface area contributed by atoms with Crippen molar-refractivity contribution < 1.29 is 4.79 Å². The summed E-state index contributed by atoms with van der Waals surface area (Å²) in [4.78, 5) is 18.0. The van der Waals surface area contributed by atoms with Gasteiger partial charge in [0.25, 0.3) is 0 Å². The predicted octanol–water partition coefficient (Wildman–Crippen LogP) is 1.56. The Labute approximate surface area is 108 Å². The second-order valence-corrected chi connectivity index (χ2v) is 4.93. The van der Waals surface area contributed by atoms with Crippen LogP contribution in [-0.4, -0.2) is 39.1 Å². The molecule has 0 bridgehead atoms. The van der Waals surface area contributed by atoms with Crippen LogP contribution in [0.5, 0.6) is 0 Å². The standard InChI is InChI=1S/C13H22N4O/c1-3-11-14-12(16-15-11)9-10-5-7-17(8-6-10)13(18)4-2/h10H,3-9H2,1-2H3,(H,14,15,16). The maximum absolute atomic E-state index is 11.6. The van der Waals surface area contributed by atoms with Gasteiger partial charge in [0.15, 0.2) is 0 Å². The highest BCUT2D eigenvalue weighted by molar-refractivity contribution is 5.75. The molecule has 18 heavy (non-hydrogen) atoms. The van der Waals surface area contributed by atoms with Gasteiger partial charge in [0.1, 0.15) is 11.6 Å². The molecular formula is C13H22N4O. The summed E-state index contributed by atoms with van der Waals surface area (Å²) in [6.07, 6.45) is 4.61. The van der Waals surface area contributed by atoms with E-state index in [4.69, 9.17) is 0 Å². The van der Waals surface area contributed by atoms with E-state index in [1.54, 1.807) is 0 Å². The van der Waals surface area contributed by atoms with Crippen LogP contribution in [0.15, 0.2) is 0 Å². The van der Waals surface area contributed by atoms with Crippen molar-refractivity contribution in [1.29, 1.82) is 0 Å². The summed E-state index contributed by atoms with van der Waals surface area (Å²) in [7, 11) is 0.